The highest BCUT2D eigenvalue weighted by Gasteiger charge is 2.45. The molecule has 0 radical (unpaired) electrons. The van der Waals surface area contributed by atoms with Crippen LogP contribution in [0.3, 0.4) is 0 Å². The van der Waals surface area contributed by atoms with E-state index in [4.69, 9.17) is 4.74 Å². The molecule has 1 aliphatic rings. The minimum absolute atomic E-state index is 0.0387. The Morgan fingerprint density at radius 3 is 2.50 bits per heavy atom. The molecule has 3 heteroatoms. The van der Waals surface area contributed by atoms with Crippen LogP contribution >= 0.6 is 0 Å². The van der Waals surface area contributed by atoms with Crippen molar-refractivity contribution in [1.29, 1.82) is 0 Å². The van der Waals surface area contributed by atoms with Gasteiger partial charge in [-0.25, -0.2) is 0 Å². The van der Waals surface area contributed by atoms with Crippen LogP contribution in [0.25, 0.3) is 0 Å². The quantitative estimate of drug-likeness (QED) is 0.866. The molecule has 1 N–H and O–H groups in total. The Hall–Kier alpha value is -2.29. The van der Waals surface area contributed by atoms with Gasteiger partial charge in [-0.15, -0.1) is 0 Å². The van der Waals surface area contributed by atoms with E-state index in [1.807, 2.05) is 42.5 Å². The third-order valence-electron chi connectivity index (χ3n) is 3.64. The van der Waals surface area contributed by atoms with E-state index in [9.17, 15) is 9.90 Å². The van der Waals surface area contributed by atoms with E-state index in [1.165, 1.54) is 0 Å². The van der Waals surface area contributed by atoms with Crippen LogP contribution in [0.15, 0.2) is 54.6 Å². The molecular weight excluding hydrogens is 252 g/mol. The molecule has 102 valence electrons. The number of aromatic hydroxyl groups is 1. The molecule has 0 spiro atoms. The van der Waals surface area contributed by atoms with E-state index >= 15 is 0 Å². The van der Waals surface area contributed by atoms with Gasteiger partial charge in [-0.2, -0.15) is 0 Å². The normalized spacial score (nSPS) is 20.4. The summed E-state index contributed by atoms with van der Waals surface area (Å²) in [6, 6.07) is 16.7. The van der Waals surface area contributed by atoms with Crippen LogP contribution in [0.5, 0.6) is 5.75 Å². The van der Waals surface area contributed by atoms with Crippen LogP contribution in [-0.4, -0.2) is 11.1 Å². The topological polar surface area (TPSA) is 46.5 Å². The third kappa shape index (κ3) is 2.82. The monoisotopic (exact) mass is 268 g/mol. The second kappa shape index (κ2) is 5.37. The number of benzene rings is 2. The van der Waals surface area contributed by atoms with Gasteiger partial charge in [0.25, 0.3) is 0 Å². The van der Waals surface area contributed by atoms with Gasteiger partial charge in [0.05, 0.1) is 5.92 Å². The zero-order valence-electron chi connectivity index (χ0n) is 11.0. The zero-order valence-corrected chi connectivity index (χ0v) is 11.0. The number of phenolic OH excluding ortho intramolecular Hbond substituents is 1. The summed E-state index contributed by atoms with van der Waals surface area (Å²) in [5.41, 5.74) is 2.09. The van der Waals surface area contributed by atoms with Crippen molar-refractivity contribution < 1.29 is 14.6 Å². The van der Waals surface area contributed by atoms with Gasteiger partial charge >= 0.3 is 5.97 Å². The highest BCUT2D eigenvalue weighted by Crippen LogP contribution is 2.48. The number of hydrogen-bond acceptors (Lipinski definition) is 3. The SMILES string of the molecule is O=C(OCc1ccccc1)[C@@H]1C[C@@H]1c1ccc(O)cc1. The molecule has 0 saturated heterocycles. The molecule has 0 unspecified atom stereocenters. The molecule has 1 saturated carbocycles. The van der Waals surface area contributed by atoms with E-state index < -0.39 is 0 Å². The summed E-state index contributed by atoms with van der Waals surface area (Å²) < 4.78 is 5.34. The smallest absolute Gasteiger partial charge is 0.309 e. The van der Waals surface area contributed by atoms with Gasteiger partial charge < -0.3 is 9.84 Å². The van der Waals surface area contributed by atoms with Crippen LogP contribution in [0, 0.1) is 5.92 Å². The van der Waals surface area contributed by atoms with Gasteiger partial charge in [-0.1, -0.05) is 42.5 Å². The molecular formula is C17H16O3. The number of esters is 1. The lowest BCUT2D eigenvalue weighted by molar-refractivity contribution is -0.146. The fourth-order valence-electron chi connectivity index (χ4n) is 2.38. The summed E-state index contributed by atoms with van der Waals surface area (Å²) in [4.78, 5) is 12.0. The predicted molar refractivity (Wildman–Crippen MR) is 75.2 cm³/mol. The molecule has 0 bridgehead atoms. The van der Waals surface area contributed by atoms with Crippen molar-refractivity contribution in [3.63, 3.8) is 0 Å². The molecule has 0 heterocycles. The van der Waals surface area contributed by atoms with E-state index in [0.29, 0.717) is 6.61 Å². The maximum atomic E-state index is 12.0. The van der Waals surface area contributed by atoms with Crippen LogP contribution in [-0.2, 0) is 16.1 Å². The Kier molecular flexibility index (Phi) is 3.42. The highest BCUT2D eigenvalue weighted by molar-refractivity contribution is 5.77. The minimum Gasteiger partial charge on any atom is -0.508 e. The van der Waals surface area contributed by atoms with E-state index in [1.54, 1.807) is 12.1 Å². The second-order valence-corrected chi connectivity index (χ2v) is 5.13. The number of ether oxygens (including phenoxy) is 1. The fourth-order valence-corrected chi connectivity index (χ4v) is 2.38. The number of carbonyl (C=O) groups excluding carboxylic acids is 1. The van der Waals surface area contributed by atoms with Crippen molar-refractivity contribution in [1.82, 2.24) is 0 Å². The first-order valence-corrected chi connectivity index (χ1v) is 6.73. The third-order valence-corrected chi connectivity index (χ3v) is 3.64. The first-order chi connectivity index (χ1) is 9.74. The molecule has 2 aromatic rings. The van der Waals surface area contributed by atoms with Crippen molar-refractivity contribution in [2.75, 3.05) is 0 Å². The molecule has 20 heavy (non-hydrogen) atoms. The Bertz CT molecular complexity index is 589. The molecule has 0 aromatic heterocycles. The first-order valence-electron chi connectivity index (χ1n) is 6.73. The fraction of sp³-hybridized carbons (Fsp3) is 0.235. The lowest BCUT2D eigenvalue weighted by atomic mass is 10.1. The van der Waals surface area contributed by atoms with Crippen molar-refractivity contribution in [3.8, 4) is 5.75 Å². The average Bonchev–Trinajstić information content (AvgIpc) is 3.27. The van der Waals surface area contributed by atoms with E-state index in [0.717, 1.165) is 17.5 Å². The largest absolute Gasteiger partial charge is 0.508 e. The van der Waals surface area contributed by atoms with Gasteiger partial charge in [-0.05, 0) is 35.6 Å². The number of hydrogen-bond donors (Lipinski definition) is 1. The van der Waals surface area contributed by atoms with Gasteiger partial charge in [-0.3, -0.25) is 4.79 Å². The van der Waals surface area contributed by atoms with Crippen molar-refractivity contribution >= 4 is 5.97 Å². The Morgan fingerprint density at radius 1 is 1.10 bits per heavy atom. The number of phenols is 1. The summed E-state index contributed by atoms with van der Waals surface area (Å²) in [6.45, 7) is 0.332. The molecule has 1 aliphatic carbocycles. The van der Waals surface area contributed by atoms with E-state index in [-0.39, 0.29) is 23.6 Å². The lowest BCUT2D eigenvalue weighted by Gasteiger charge is -2.05. The first kappa shape index (κ1) is 12.7. The van der Waals surface area contributed by atoms with Crippen molar-refractivity contribution in [3.05, 3.63) is 65.7 Å². The van der Waals surface area contributed by atoms with Crippen molar-refractivity contribution in [2.45, 2.75) is 18.9 Å². The van der Waals surface area contributed by atoms with Crippen LogP contribution in [0.4, 0.5) is 0 Å². The molecule has 1 fully saturated rings. The van der Waals surface area contributed by atoms with Gasteiger partial charge in [0.2, 0.25) is 0 Å². The maximum absolute atomic E-state index is 12.0. The lowest BCUT2D eigenvalue weighted by Crippen LogP contribution is -2.07. The van der Waals surface area contributed by atoms with Gasteiger partial charge in [0, 0.05) is 0 Å². The second-order valence-electron chi connectivity index (χ2n) is 5.13. The molecule has 0 amide bonds. The van der Waals surface area contributed by atoms with Gasteiger partial charge in [0.15, 0.2) is 0 Å². The number of rotatable bonds is 4. The molecule has 2 atom stereocenters. The van der Waals surface area contributed by atoms with Gasteiger partial charge in [0.1, 0.15) is 12.4 Å². The average molecular weight is 268 g/mol. The molecule has 2 aromatic carbocycles. The molecule has 3 nitrogen and oxygen atoms in total. The summed E-state index contributed by atoms with van der Waals surface area (Å²) in [5.74, 6) is 0.312. The molecule has 3 rings (SSSR count). The predicted octanol–water partition coefficient (Wildman–Crippen LogP) is 3.24. The maximum Gasteiger partial charge on any atom is 0.309 e. The number of carbonyl (C=O) groups is 1. The van der Waals surface area contributed by atoms with E-state index in [2.05, 4.69) is 0 Å². The van der Waals surface area contributed by atoms with Crippen LogP contribution < -0.4 is 0 Å². The van der Waals surface area contributed by atoms with Crippen molar-refractivity contribution in [2.24, 2.45) is 5.92 Å². The Morgan fingerprint density at radius 2 is 1.80 bits per heavy atom. The zero-order chi connectivity index (χ0) is 13.9. The summed E-state index contributed by atoms with van der Waals surface area (Å²) in [5, 5.41) is 9.25. The van der Waals surface area contributed by atoms with Crippen LogP contribution in [0.2, 0.25) is 0 Å². The molecule has 0 aliphatic heterocycles. The summed E-state index contributed by atoms with van der Waals surface area (Å²) in [6.07, 6.45) is 0.832. The Labute approximate surface area is 117 Å². The highest BCUT2D eigenvalue weighted by atomic mass is 16.5. The summed E-state index contributed by atoms with van der Waals surface area (Å²) in [7, 11) is 0. The summed E-state index contributed by atoms with van der Waals surface area (Å²) >= 11 is 0. The minimum atomic E-state index is -0.132. The standard InChI is InChI=1S/C17H16O3/c18-14-8-6-13(7-9-14)15-10-16(15)17(19)20-11-12-4-2-1-3-5-12/h1-9,15-16,18H,10-11H2/t15-,16-/m1/s1. The Balaban J connectivity index is 1.54. The van der Waals surface area contributed by atoms with Crippen LogP contribution in [0.1, 0.15) is 23.5 Å².